The molecule has 0 amide bonds. The van der Waals surface area contributed by atoms with Gasteiger partial charge in [-0.3, -0.25) is 0 Å². The van der Waals surface area contributed by atoms with Crippen molar-refractivity contribution in [2.75, 3.05) is 0 Å². The van der Waals surface area contributed by atoms with E-state index >= 15 is 0 Å². The molecular formula is C12H26O. The van der Waals surface area contributed by atoms with Crippen molar-refractivity contribution < 1.29 is 5.11 Å². The Morgan fingerprint density at radius 1 is 1.08 bits per heavy atom. The van der Waals surface area contributed by atoms with Gasteiger partial charge in [-0.05, 0) is 30.1 Å². The second kappa shape index (κ2) is 4.45. The standard InChI is InChI=1S/C12H26O/c1-7-12(5,6)10(13)8-9-11(2,3)4/h10,13H,7-9H2,1-6H3. The summed E-state index contributed by atoms with van der Waals surface area (Å²) in [4.78, 5) is 0. The van der Waals surface area contributed by atoms with Crippen LogP contribution in [-0.4, -0.2) is 11.2 Å². The van der Waals surface area contributed by atoms with Gasteiger partial charge in [0.1, 0.15) is 0 Å². The highest BCUT2D eigenvalue weighted by molar-refractivity contribution is 4.77. The lowest BCUT2D eigenvalue weighted by Crippen LogP contribution is -2.29. The molecule has 0 bridgehead atoms. The molecule has 0 aromatic rings. The van der Waals surface area contributed by atoms with E-state index < -0.39 is 0 Å². The van der Waals surface area contributed by atoms with Crippen LogP contribution in [0.2, 0.25) is 0 Å². The molecule has 1 atom stereocenters. The van der Waals surface area contributed by atoms with Gasteiger partial charge in [-0.25, -0.2) is 0 Å². The minimum Gasteiger partial charge on any atom is -0.393 e. The van der Waals surface area contributed by atoms with Gasteiger partial charge in [-0.15, -0.1) is 0 Å². The minimum absolute atomic E-state index is 0.0747. The van der Waals surface area contributed by atoms with E-state index in [4.69, 9.17) is 0 Å². The first-order chi connectivity index (χ1) is 5.69. The van der Waals surface area contributed by atoms with Crippen molar-refractivity contribution in [2.45, 2.75) is 66.9 Å². The molecule has 13 heavy (non-hydrogen) atoms. The molecular weight excluding hydrogens is 160 g/mol. The van der Waals surface area contributed by atoms with Crippen LogP contribution in [0.15, 0.2) is 0 Å². The molecule has 1 heteroatoms. The van der Waals surface area contributed by atoms with E-state index in [2.05, 4.69) is 41.5 Å². The van der Waals surface area contributed by atoms with Crippen LogP contribution >= 0.6 is 0 Å². The Kier molecular flexibility index (Phi) is 4.44. The largest absolute Gasteiger partial charge is 0.393 e. The average Bonchev–Trinajstić information content (AvgIpc) is 1.98. The van der Waals surface area contributed by atoms with E-state index in [9.17, 15) is 5.11 Å². The molecule has 80 valence electrons. The van der Waals surface area contributed by atoms with Gasteiger partial charge in [0.2, 0.25) is 0 Å². The van der Waals surface area contributed by atoms with Crippen molar-refractivity contribution in [1.29, 1.82) is 0 Å². The number of rotatable bonds is 4. The summed E-state index contributed by atoms with van der Waals surface area (Å²) < 4.78 is 0. The van der Waals surface area contributed by atoms with Crippen molar-refractivity contribution in [2.24, 2.45) is 10.8 Å². The average molecular weight is 186 g/mol. The SMILES string of the molecule is CCC(C)(C)C(O)CCC(C)(C)C. The topological polar surface area (TPSA) is 20.2 Å². The Hall–Kier alpha value is -0.0400. The first-order valence-corrected chi connectivity index (χ1v) is 5.37. The van der Waals surface area contributed by atoms with E-state index in [1.54, 1.807) is 0 Å². The minimum atomic E-state index is -0.156. The third-order valence-electron chi connectivity index (χ3n) is 2.98. The fourth-order valence-electron chi connectivity index (χ4n) is 1.20. The van der Waals surface area contributed by atoms with Gasteiger partial charge in [0, 0.05) is 0 Å². The lowest BCUT2D eigenvalue weighted by atomic mass is 9.79. The van der Waals surface area contributed by atoms with Crippen LogP contribution in [0.5, 0.6) is 0 Å². The lowest BCUT2D eigenvalue weighted by molar-refractivity contribution is 0.0317. The molecule has 0 saturated carbocycles. The zero-order valence-electron chi connectivity index (χ0n) is 10.1. The Morgan fingerprint density at radius 2 is 1.54 bits per heavy atom. The van der Waals surface area contributed by atoms with Gasteiger partial charge < -0.3 is 5.11 Å². The van der Waals surface area contributed by atoms with Crippen molar-refractivity contribution in [3.63, 3.8) is 0 Å². The Bertz CT molecular complexity index is 142. The maximum Gasteiger partial charge on any atom is 0.0591 e. The molecule has 0 saturated heterocycles. The molecule has 1 nitrogen and oxygen atoms in total. The summed E-state index contributed by atoms with van der Waals surface area (Å²) >= 11 is 0. The first-order valence-electron chi connectivity index (χ1n) is 5.37. The molecule has 1 unspecified atom stereocenters. The van der Waals surface area contributed by atoms with Crippen LogP contribution in [0.4, 0.5) is 0 Å². The highest BCUT2D eigenvalue weighted by atomic mass is 16.3. The molecule has 0 aromatic carbocycles. The van der Waals surface area contributed by atoms with Crippen LogP contribution in [-0.2, 0) is 0 Å². The summed E-state index contributed by atoms with van der Waals surface area (Å²) in [6.07, 6.45) is 2.90. The molecule has 0 aliphatic heterocycles. The molecule has 0 aliphatic rings. The summed E-state index contributed by atoms with van der Waals surface area (Å²) in [6.45, 7) is 13.1. The maximum absolute atomic E-state index is 9.94. The van der Waals surface area contributed by atoms with E-state index in [0.29, 0.717) is 5.41 Å². The predicted molar refractivity (Wildman–Crippen MR) is 58.8 cm³/mol. The van der Waals surface area contributed by atoms with Crippen molar-refractivity contribution in [3.8, 4) is 0 Å². The second-order valence-electron chi connectivity index (χ2n) is 5.96. The van der Waals surface area contributed by atoms with Crippen molar-refractivity contribution >= 4 is 0 Å². The fourth-order valence-corrected chi connectivity index (χ4v) is 1.20. The molecule has 0 spiro atoms. The summed E-state index contributed by atoms with van der Waals surface area (Å²) in [6, 6.07) is 0. The highest BCUT2D eigenvalue weighted by Crippen LogP contribution is 2.31. The van der Waals surface area contributed by atoms with Gasteiger partial charge in [0.05, 0.1) is 6.10 Å². The Labute approximate surface area is 83.5 Å². The summed E-state index contributed by atoms with van der Waals surface area (Å²) in [5.74, 6) is 0. The monoisotopic (exact) mass is 186 g/mol. The smallest absolute Gasteiger partial charge is 0.0591 e. The van der Waals surface area contributed by atoms with E-state index in [-0.39, 0.29) is 11.5 Å². The summed E-state index contributed by atoms with van der Waals surface area (Å²) in [5, 5.41) is 9.94. The van der Waals surface area contributed by atoms with Gasteiger partial charge in [0.25, 0.3) is 0 Å². The van der Waals surface area contributed by atoms with Crippen LogP contribution in [0.1, 0.15) is 60.8 Å². The van der Waals surface area contributed by atoms with E-state index in [1.807, 2.05) is 0 Å². The van der Waals surface area contributed by atoms with Gasteiger partial charge in [-0.1, -0.05) is 41.5 Å². The third-order valence-corrected chi connectivity index (χ3v) is 2.98. The quantitative estimate of drug-likeness (QED) is 0.711. The zero-order chi connectivity index (χ0) is 10.7. The molecule has 0 radical (unpaired) electrons. The molecule has 0 aromatic heterocycles. The second-order valence-corrected chi connectivity index (χ2v) is 5.96. The van der Waals surface area contributed by atoms with E-state index in [0.717, 1.165) is 19.3 Å². The normalized spacial score (nSPS) is 15.9. The van der Waals surface area contributed by atoms with Crippen LogP contribution in [0.25, 0.3) is 0 Å². The number of hydrogen-bond donors (Lipinski definition) is 1. The van der Waals surface area contributed by atoms with E-state index in [1.165, 1.54) is 0 Å². The van der Waals surface area contributed by atoms with Crippen LogP contribution < -0.4 is 0 Å². The van der Waals surface area contributed by atoms with Crippen LogP contribution in [0.3, 0.4) is 0 Å². The van der Waals surface area contributed by atoms with Gasteiger partial charge in [0.15, 0.2) is 0 Å². The van der Waals surface area contributed by atoms with Gasteiger partial charge >= 0.3 is 0 Å². The molecule has 1 N–H and O–H groups in total. The highest BCUT2D eigenvalue weighted by Gasteiger charge is 2.26. The van der Waals surface area contributed by atoms with Crippen molar-refractivity contribution in [3.05, 3.63) is 0 Å². The zero-order valence-corrected chi connectivity index (χ0v) is 10.1. The van der Waals surface area contributed by atoms with Crippen molar-refractivity contribution in [1.82, 2.24) is 0 Å². The third kappa shape index (κ3) is 5.30. The molecule has 0 heterocycles. The van der Waals surface area contributed by atoms with Crippen LogP contribution in [0, 0.1) is 10.8 Å². The summed E-state index contributed by atoms with van der Waals surface area (Å²) in [7, 11) is 0. The molecule has 0 fully saturated rings. The number of hydrogen-bond acceptors (Lipinski definition) is 1. The summed E-state index contributed by atoms with van der Waals surface area (Å²) in [5.41, 5.74) is 0.413. The fraction of sp³-hybridized carbons (Fsp3) is 1.00. The lowest BCUT2D eigenvalue weighted by Gasteiger charge is -2.31. The number of aliphatic hydroxyl groups excluding tert-OH is 1. The Morgan fingerprint density at radius 3 is 1.85 bits per heavy atom. The van der Waals surface area contributed by atoms with Gasteiger partial charge in [-0.2, -0.15) is 0 Å². The Balaban J connectivity index is 3.95. The first kappa shape index (κ1) is 13.0. The maximum atomic E-state index is 9.94. The molecule has 0 rings (SSSR count). The predicted octanol–water partition coefficient (Wildman–Crippen LogP) is 3.61. The number of aliphatic hydroxyl groups is 1. The molecule has 0 aliphatic carbocycles.